The van der Waals surface area contributed by atoms with Crippen molar-refractivity contribution in [1.82, 2.24) is 9.78 Å². The van der Waals surface area contributed by atoms with E-state index in [1.807, 2.05) is 0 Å². The summed E-state index contributed by atoms with van der Waals surface area (Å²) in [6, 6.07) is 6.04. The Morgan fingerprint density at radius 3 is 2.79 bits per heavy atom. The number of aliphatic carboxylic acids is 1. The van der Waals surface area contributed by atoms with E-state index in [9.17, 15) is 14.3 Å². The summed E-state index contributed by atoms with van der Waals surface area (Å²) in [6.07, 6.45) is 3.90. The SMILES string of the molecule is O=C(O)C1CCCc2c1cnn2-c1ccc(F)cc1. The first kappa shape index (κ1) is 11.9. The maximum absolute atomic E-state index is 12.9. The van der Waals surface area contributed by atoms with Gasteiger partial charge in [0.2, 0.25) is 0 Å². The van der Waals surface area contributed by atoms with Crippen LogP contribution in [-0.4, -0.2) is 20.9 Å². The second kappa shape index (κ2) is 4.50. The van der Waals surface area contributed by atoms with Gasteiger partial charge in [-0.05, 0) is 43.5 Å². The second-order valence-electron chi connectivity index (χ2n) is 4.72. The number of aromatic nitrogens is 2. The highest BCUT2D eigenvalue weighted by atomic mass is 19.1. The molecule has 1 aliphatic carbocycles. The highest BCUT2D eigenvalue weighted by Gasteiger charge is 2.29. The molecule has 3 rings (SSSR count). The lowest BCUT2D eigenvalue weighted by molar-refractivity contribution is -0.139. The predicted octanol–water partition coefficient (Wildman–Crippen LogP) is 2.52. The molecule has 1 unspecified atom stereocenters. The van der Waals surface area contributed by atoms with Gasteiger partial charge < -0.3 is 5.11 Å². The Labute approximate surface area is 109 Å². The summed E-state index contributed by atoms with van der Waals surface area (Å²) < 4.78 is 14.6. The van der Waals surface area contributed by atoms with Gasteiger partial charge in [-0.3, -0.25) is 4.79 Å². The van der Waals surface area contributed by atoms with Crippen LogP contribution in [0.2, 0.25) is 0 Å². The molecule has 1 atom stereocenters. The van der Waals surface area contributed by atoms with Gasteiger partial charge in [0.05, 0.1) is 17.8 Å². The summed E-state index contributed by atoms with van der Waals surface area (Å²) in [5, 5.41) is 13.5. The number of halogens is 1. The lowest BCUT2D eigenvalue weighted by atomic mass is 9.87. The number of hydrogen-bond donors (Lipinski definition) is 1. The number of nitrogens with zero attached hydrogens (tertiary/aromatic N) is 2. The van der Waals surface area contributed by atoms with E-state index in [-0.39, 0.29) is 5.82 Å². The molecular weight excluding hydrogens is 247 g/mol. The van der Waals surface area contributed by atoms with Crippen molar-refractivity contribution >= 4 is 5.97 Å². The van der Waals surface area contributed by atoms with E-state index in [0.29, 0.717) is 6.42 Å². The molecule has 1 N–H and O–H groups in total. The number of fused-ring (bicyclic) bond motifs is 1. The monoisotopic (exact) mass is 260 g/mol. The fraction of sp³-hybridized carbons (Fsp3) is 0.286. The van der Waals surface area contributed by atoms with E-state index in [1.54, 1.807) is 23.0 Å². The first-order valence-corrected chi connectivity index (χ1v) is 6.22. The number of carboxylic acids is 1. The Morgan fingerprint density at radius 1 is 1.37 bits per heavy atom. The zero-order valence-corrected chi connectivity index (χ0v) is 10.2. The van der Waals surface area contributed by atoms with Crippen LogP contribution < -0.4 is 0 Å². The van der Waals surface area contributed by atoms with Gasteiger partial charge in [-0.15, -0.1) is 0 Å². The van der Waals surface area contributed by atoms with Crippen LogP contribution in [0.3, 0.4) is 0 Å². The highest BCUT2D eigenvalue weighted by Crippen LogP contribution is 2.32. The summed E-state index contributed by atoms with van der Waals surface area (Å²) in [5.74, 6) is -1.58. The van der Waals surface area contributed by atoms with E-state index in [2.05, 4.69) is 5.10 Å². The number of benzene rings is 1. The smallest absolute Gasteiger partial charge is 0.311 e. The number of carbonyl (C=O) groups is 1. The molecule has 1 aromatic heterocycles. The molecule has 0 aliphatic heterocycles. The molecule has 1 heterocycles. The van der Waals surface area contributed by atoms with Crippen molar-refractivity contribution in [2.24, 2.45) is 0 Å². The zero-order valence-electron chi connectivity index (χ0n) is 10.2. The summed E-state index contributed by atoms with van der Waals surface area (Å²) in [7, 11) is 0. The van der Waals surface area contributed by atoms with E-state index < -0.39 is 11.9 Å². The van der Waals surface area contributed by atoms with Crippen molar-refractivity contribution < 1.29 is 14.3 Å². The third-order valence-corrected chi connectivity index (χ3v) is 3.55. The van der Waals surface area contributed by atoms with Gasteiger partial charge >= 0.3 is 5.97 Å². The molecule has 5 heteroatoms. The van der Waals surface area contributed by atoms with Gasteiger partial charge in [0.15, 0.2) is 0 Å². The number of hydrogen-bond acceptors (Lipinski definition) is 2. The van der Waals surface area contributed by atoms with Crippen LogP contribution in [0.5, 0.6) is 0 Å². The Morgan fingerprint density at radius 2 is 2.11 bits per heavy atom. The summed E-state index contributed by atoms with van der Waals surface area (Å²) >= 11 is 0. The first-order chi connectivity index (χ1) is 9.16. The van der Waals surface area contributed by atoms with E-state index in [4.69, 9.17) is 0 Å². The van der Waals surface area contributed by atoms with E-state index in [0.717, 1.165) is 29.8 Å². The minimum absolute atomic E-state index is 0.298. The normalized spacial score (nSPS) is 18.1. The minimum Gasteiger partial charge on any atom is -0.481 e. The fourth-order valence-electron chi connectivity index (χ4n) is 2.62. The van der Waals surface area contributed by atoms with Crippen molar-refractivity contribution in [3.63, 3.8) is 0 Å². The summed E-state index contributed by atoms with van der Waals surface area (Å²) in [4.78, 5) is 11.2. The molecular formula is C14H13FN2O2. The Hall–Kier alpha value is -2.17. The van der Waals surface area contributed by atoms with Crippen molar-refractivity contribution in [3.05, 3.63) is 47.5 Å². The Bertz CT molecular complexity index is 619. The van der Waals surface area contributed by atoms with Gasteiger partial charge in [0.1, 0.15) is 5.82 Å². The second-order valence-corrected chi connectivity index (χ2v) is 4.72. The molecule has 1 aliphatic rings. The standard InChI is InChI=1S/C14H13FN2O2/c15-9-4-6-10(7-5-9)17-13-3-1-2-11(14(18)19)12(13)8-16-17/h4-8,11H,1-3H2,(H,18,19). The number of rotatable bonds is 2. The average Bonchev–Trinajstić information content (AvgIpc) is 2.83. The van der Waals surface area contributed by atoms with Gasteiger partial charge in [0, 0.05) is 11.3 Å². The van der Waals surface area contributed by atoms with Crippen LogP contribution in [0, 0.1) is 5.82 Å². The lowest BCUT2D eigenvalue weighted by Crippen LogP contribution is -2.18. The van der Waals surface area contributed by atoms with E-state index in [1.165, 1.54) is 12.1 Å². The largest absolute Gasteiger partial charge is 0.481 e. The van der Waals surface area contributed by atoms with Crippen LogP contribution in [0.1, 0.15) is 30.0 Å². The molecule has 0 radical (unpaired) electrons. The zero-order chi connectivity index (χ0) is 13.4. The van der Waals surface area contributed by atoms with Crippen molar-refractivity contribution in [2.45, 2.75) is 25.2 Å². The first-order valence-electron chi connectivity index (χ1n) is 6.22. The molecule has 0 fully saturated rings. The van der Waals surface area contributed by atoms with Crippen LogP contribution in [0.4, 0.5) is 4.39 Å². The third kappa shape index (κ3) is 2.01. The molecule has 4 nitrogen and oxygen atoms in total. The Balaban J connectivity index is 2.05. The maximum atomic E-state index is 12.9. The van der Waals surface area contributed by atoms with Crippen molar-refractivity contribution in [2.75, 3.05) is 0 Å². The quantitative estimate of drug-likeness (QED) is 0.902. The van der Waals surface area contributed by atoms with Crippen LogP contribution >= 0.6 is 0 Å². The fourth-order valence-corrected chi connectivity index (χ4v) is 2.62. The topological polar surface area (TPSA) is 55.1 Å². The lowest BCUT2D eigenvalue weighted by Gasteiger charge is -2.19. The molecule has 0 spiro atoms. The molecule has 1 aromatic carbocycles. The highest BCUT2D eigenvalue weighted by molar-refractivity contribution is 5.76. The Kier molecular flexibility index (Phi) is 2.81. The molecule has 98 valence electrons. The third-order valence-electron chi connectivity index (χ3n) is 3.55. The molecule has 0 amide bonds. The molecule has 0 saturated carbocycles. The molecule has 19 heavy (non-hydrogen) atoms. The van der Waals surface area contributed by atoms with E-state index >= 15 is 0 Å². The molecule has 0 saturated heterocycles. The molecule has 0 bridgehead atoms. The maximum Gasteiger partial charge on any atom is 0.311 e. The van der Waals surface area contributed by atoms with Gasteiger partial charge in [0.25, 0.3) is 0 Å². The number of carboxylic acid groups (broad SMARTS) is 1. The molecule has 2 aromatic rings. The van der Waals surface area contributed by atoms with Crippen molar-refractivity contribution in [1.29, 1.82) is 0 Å². The summed E-state index contributed by atoms with van der Waals surface area (Å²) in [5.41, 5.74) is 2.46. The van der Waals surface area contributed by atoms with Crippen LogP contribution in [-0.2, 0) is 11.2 Å². The minimum atomic E-state index is -0.806. The average molecular weight is 260 g/mol. The van der Waals surface area contributed by atoms with Gasteiger partial charge in [-0.2, -0.15) is 5.10 Å². The van der Waals surface area contributed by atoms with Crippen LogP contribution in [0.15, 0.2) is 30.5 Å². The van der Waals surface area contributed by atoms with Gasteiger partial charge in [-0.1, -0.05) is 0 Å². The summed E-state index contributed by atoms with van der Waals surface area (Å²) in [6.45, 7) is 0. The van der Waals surface area contributed by atoms with Crippen molar-refractivity contribution in [3.8, 4) is 5.69 Å². The predicted molar refractivity (Wildman–Crippen MR) is 66.8 cm³/mol. The van der Waals surface area contributed by atoms with Crippen LogP contribution in [0.25, 0.3) is 5.69 Å². The van der Waals surface area contributed by atoms with Gasteiger partial charge in [-0.25, -0.2) is 9.07 Å².